The number of hydrogen-bond donors (Lipinski definition) is 2. The van der Waals surface area contributed by atoms with E-state index in [1.165, 1.54) is 11.1 Å². The number of aromatic nitrogens is 2. The zero-order valence-electron chi connectivity index (χ0n) is 15.7. The maximum absolute atomic E-state index is 6.04. The van der Waals surface area contributed by atoms with Crippen molar-refractivity contribution < 1.29 is 0 Å². The second kappa shape index (κ2) is 10.1. The Morgan fingerprint density at radius 2 is 1.85 bits per heavy atom. The third-order valence-electron chi connectivity index (χ3n) is 4.31. The van der Waals surface area contributed by atoms with Crippen molar-refractivity contribution in [2.24, 2.45) is 10.7 Å². The number of halogens is 1. The fourth-order valence-corrected chi connectivity index (χ4v) is 2.83. The molecule has 1 aromatic heterocycles. The molecule has 0 bridgehead atoms. The van der Waals surface area contributed by atoms with Crippen LogP contribution in [-0.4, -0.2) is 15.5 Å². The van der Waals surface area contributed by atoms with Gasteiger partial charge < -0.3 is 15.6 Å². The van der Waals surface area contributed by atoms with Crippen molar-refractivity contribution in [1.29, 1.82) is 0 Å². The first-order chi connectivity index (χ1) is 12.6. The maximum Gasteiger partial charge on any atom is 0.193 e. The molecule has 3 N–H and O–H groups in total. The van der Waals surface area contributed by atoms with E-state index in [0.717, 1.165) is 30.0 Å². The minimum atomic E-state index is 0. The summed E-state index contributed by atoms with van der Waals surface area (Å²) in [7, 11) is 0. The zero-order valence-corrected chi connectivity index (χ0v) is 18.1. The zero-order chi connectivity index (χ0) is 18.4. The van der Waals surface area contributed by atoms with Crippen LogP contribution in [0.15, 0.2) is 65.9 Å². The number of nitrogens with zero attached hydrogens (tertiary/aromatic N) is 3. The predicted molar refractivity (Wildman–Crippen MR) is 123 cm³/mol. The van der Waals surface area contributed by atoms with Gasteiger partial charge in [0.25, 0.3) is 0 Å². The van der Waals surface area contributed by atoms with E-state index in [2.05, 4.69) is 63.2 Å². The summed E-state index contributed by atoms with van der Waals surface area (Å²) < 4.78 is 2.12. The molecule has 0 aliphatic carbocycles. The van der Waals surface area contributed by atoms with Crippen molar-refractivity contribution in [2.75, 3.05) is 5.32 Å². The van der Waals surface area contributed by atoms with Crippen molar-refractivity contribution in [1.82, 2.24) is 9.55 Å². The number of anilines is 1. The van der Waals surface area contributed by atoms with Crippen LogP contribution in [0.5, 0.6) is 0 Å². The van der Waals surface area contributed by atoms with E-state index in [-0.39, 0.29) is 24.0 Å². The summed E-state index contributed by atoms with van der Waals surface area (Å²) >= 11 is 0. The van der Waals surface area contributed by atoms with Gasteiger partial charge in [0.1, 0.15) is 5.82 Å². The van der Waals surface area contributed by atoms with Crippen LogP contribution in [0.2, 0.25) is 0 Å². The van der Waals surface area contributed by atoms with E-state index in [4.69, 9.17) is 5.73 Å². The molecule has 27 heavy (non-hydrogen) atoms. The van der Waals surface area contributed by atoms with Crippen LogP contribution in [-0.2, 0) is 19.5 Å². The molecule has 142 valence electrons. The molecular weight excluding hydrogens is 449 g/mol. The first-order valence-corrected chi connectivity index (χ1v) is 8.85. The van der Waals surface area contributed by atoms with Crippen molar-refractivity contribution in [3.8, 4) is 0 Å². The van der Waals surface area contributed by atoms with Gasteiger partial charge in [-0.05, 0) is 42.2 Å². The molecule has 2 aromatic carbocycles. The maximum atomic E-state index is 6.04. The van der Waals surface area contributed by atoms with Crippen LogP contribution in [0.25, 0.3) is 0 Å². The van der Waals surface area contributed by atoms with Gasteiger partial charge in [-0.2, -0.15) is 0 Å². The van der Waals surface area contributed by atoms with E-state index in [1.807, 2.05) is 31.5 Å². The molecule has 0 spiro atoms. The van der Waals surface area contributed by atoms with Crippen LogP contribution >= 0.6 is 24.0 Å². The first kappa shape index (κ1) is 21.0. The third-order valence-corrected chi connectivity index (χ3v) is 4.31. The summed E-state index contributed by atoms with van der Waals surface area (Å²) in [5, 5.41) is 3.16. The highest BCUT2D eigenvalue weighted by atomic mass is 127. The Labute approximate surface area is 177 Å². The molecule has 1 heterocycles. The minimum Gasteiger partial charge on any atom is -0.370 e. The summed E-state index contributed by atoms with van der Waals surface area (Å²) in [5.74, 6) is 1.44. The Morgan fingerprint density at radius 1 is 1.11 bits per heavy atom. The normalized spacial score (nSPS) is 11.1. The van der Waals surface area contributed by atoms with Crippen molar-refractivity contribution in [3.63, 3.8) is 0 Å². The van der Waals surface area contributed by atoms with Crippen molar-refractivity contribution >= 4 is 35.6 Å². The standard InChI is InChI=1S/C21H25N5.HI/c1-3-17-6-5-9-20(13-17)25-21(22)24-14-18-7-4-8-19(12-18)15-26-11-10-23-16(26)2;/h4-13H,3,14-15H2,1-2H3,(H3,22,24,25);1H. The molecular formula is C21H26IN5. The van der Waals surface area contributed by atoms with E-state index in [9.17, 15) is 0 Å². The Bertz CT molecular complexity index is 901. The van der Waals surface area contributed by atoms with Crippen molar-refractivity contribution in [2.45, 2.75) is 33.4 Å². The molecule has 0 radical (unpaired) electrons. The van der Waals surface area contributed by atoms with E-state index < -0.39 is 0 Å². The molecule has 0 saturated carbocycles. The predicted octanol–water partition coefficient (Wildman–Crippen LogP) is 4.35. The molecule has 0 saturated heterocycles. The van der Waals surface area contributed by atoms with Crippen LogP contribution in [0.3, 0.4) is 0 Å². The number of hydrogen-bond acceptors (Lipinski definition) is 2. The smallest absolute Gasteiger partial charge is 0.193 e. The largest absolute Gasteiger partial charge is 0.370 e. The van der Waals surface area contributed by atoms with E-state index in [0.29, 0.717) is 12.5 Å². The topological polar surface area (TPSA) is 68.2 Å². The van der Waals surface area contributed by atoms with Gasteiger partial charge in [-0.15, -0.1) is 24.0 Å². The highest BCUT2D eigenvalue weighted by Gasteiger charge is 2.01. The lowest BCUT2D eigenvalue weighted by molar-refractivity contribution is 0.760. The van der Waals surface area contributed by atoms with Crippen molar-refractivity contribution in [3.05, 3.63) is 83.4 Å². The van der Waals surface area contributed by atoms with Crippen LogP contribution in [0.1, 0.15) is 29.4 Å². The average Bonchev–Trinajstić information content (AvgIpc) is 3.05. The van der Waals surface area contributed by atoms with E-state index >= 15 is 0 Å². The second-order valence-corrected chi connectivity index (χ2v) is 6.30. The Hall–Kier alpha value is -2.35. The number of imidazole rings is 1. The summed E-state index contributed by atoms with van der Waals surface area (Å²) in [6.07, 6.45) is 4.81. The number of rotatable bonds is 6. The van der Waals surface area contributed by atoms with Crippen LogP contribution < -0.4 is 11.1 Å². The fraction of sp³-hybridized carbons (Fsp3) is 0.238. The monoisotopic (exact) mass is 475 g/mol. The van der Waals surface area contributed by atoms with Gasteiger partial charge in [0, 0.05) is 24.6 Å². The summed E-state index contributed by atoms with van der Waals surface area (Å²) in [6, 6.07) is 16.6. The van der Waals surface area contributed by atoms with Gasteiger partial charge in [0.05, 0.1) is 6.54 Å². The van der Waals surface area contributed by atoms with E-state index in [1.54, 1.807) is 0 Å². The molecule has 3 rings (SSSR count). The molecule has 3 aromatic rings. The quantitative estimate of drug-likeness (QED) is 0.317. The number of aliphatic imine (C=N–C) groups is 1. The average molecular weight is 475 g/mol. The summed E-state index contributed by atoms with van der Waals surface area (Å²) in [5.41, 5.74) is 10.6. The van der Waals surface area contributed by atoms with Crippen LogP contribution in [0, 0.1) is 6.92 Å². The highest BCUT2D eigenvalue weighted by Crippen LogP contribution is 2.12. The lowest BCUT2D eigenvalue weighted by Crippen LogP contribution is -2.22. The number of nitrogens with two attached hydrogens (primary N) is 1. The van der Waals surface area contributed by atoms with Gasteiger partial charge in [-0.25, -0.2) is 9.98 Å². The Balaban J connectivity index is 0.00000261. The van der Waals surface area contributed by atoms with Gasteiger partial charge in [0.2, 0.25) is 0 Å². The molecule has 0 amide bonds. The van der Waals surface area contributed by atoms with Gasteiger partial charge in [-0.1, -0.05) is 43.3 Å². The van der Waals surface area contributed by atoms with Crippen LogP contribution in [0.4, 0.5) is 5.69 Å². The molecule has 0 aliphatic heterocycles. The Morgan fingerprint density at radius 3 is 2.59 bits per heavy atom. The molecule has 0 fully saturated rings. The molecule has 6 heteroatoms. The Kier molecular flexibility index (Phi) is 7.84. The first-order valence-electron chi connectivity index (χ1n) is 8.85. The SMILES string of the molecule is CCc1cccc(NC(N)=NCc2cccc(Cn3ccnc3C)c2)c1.I. The lowest BCUT2D eigenvalue weighted by Gasteiger charge is -2.08. The summed E-state index contributed by atoms with van der Waals surface area (Å²) in [6.45, 7) is 5.49. The van der Waals surface area contributed by atoms with Gasteiger partial charge in [-0.3, -0.25) is 0 Å². The number of nitrogens with one attached hydrogen (secondary N) is 1. The third kappa shape index (κ3) is 6.09. The van der Waals surface area contributed by atoms with Gasteiger partial charge in [0.15, 0.2) is 5.96 Å². The lowest BCUT2D eigenvalue weighted by atomic mass is 10.1. The molecule has 0 unspecified atom stereocenters. The highest BCUT2D eigenvalue weighted by molar-refractivity contribution is 14.0. The minimum absolute atomic E-state index is 0. The number of guanidine groups is 1. The van der Waals surface area contributed by atoms with Gasteiger partial charge >= 0.3 is 0 Å². The fourth-order valence-electron chi connectivity index (χ4n) is 2.83. The summed E-state index contributed by atoms with van der Waals surface area (Å²) in [4.78, 5) is 8.73. The number of aryl methyl sites for hydroxylation is 2. The molecule has 5 nitrogen and oxygen atoms in total. The second-order valence-electron chi connectivity index (χ2n) is 6.30. The molecule has 0 aliphatic rings. The number of benzene rings is 2. The molecule has 0 atom stereocenters.